The number of nitrogens with one attached hydrogen (secondary N) is 1. The third kappa shape index (κ3) is 4.70. The van der Waals surface area contributed by atoms with Gasteiger partial charge in [0.1, 0.15) is 5.76 Å². The number of aryl methyl sites for hydroxylation is 1. The highest BCUT2D eigenvalue weighted by atomic mass is 16.5. The summed E-state index contributed by atoms with van der Waals surface area (Å²) in [5.74, 6) is 1.15. The van der Waals surface area contributed by atoms with Crippen LogP contribution in [0.25, 0.3) is 0 Å². The molecule has 2 rings (SSSR count). The maximum atomic E-state index is 12.2. The fourth-order valence-electron chi connectivity index (χ4n) is 1.94. The van der Waals surface area contributed by atoms with Gasteiger partial charge in [0.05, 0.1) is 31.4 Å². The summed E-state index contributed by atoms with van der Waals surface area (Å²) < 4.78 is 11.0. The SMILES string of the molecule is Cc1cnc(CNC(=O)C(C)(C)COCc2ccccc2)o1. The summed E-state index contributed by atoms with van der Waals surface area (Å²) >= 11 is 0. The molecule has 0 saturated heterocycles. The molecule has 1 N–H and O–H groups in total. The first kappa shape index (κ1) is 16.2. The highest BCUT2D eigenvalue weighted by Gasteiger charge is 2.28. The predicted octanol–water partition coefficient (Wildman–Crippen LogP) is 2.84. The number of rotatable bonds is 7. The lowest BCUT2D eigenvalue weighted by atomic mass is 9.93. The third-order valence-electron chi connectivity index (χ3n) is 3.26. The summed E-state index contributed by atoms with van der Waals surface area (Å²) in [6.45, 7) is 6.66. The van der Waals surface area contributed by atoms with Crippen LogP contribution < -0.4 is 5.32 Å². The molecule has 0 aliphatic carbocycles. The standard InChI is InChI=1S/C17H22N2O3/c1-13-9-18-15(22-13)10-19-16(20)17(2,3)12-21-11-14-7-5-4-6-8-14/h4-9H,10-12H2,1-3H3,(H,19,20). The summed E-state index contributed by atoms with van der Waals surface area (Å²) in [5.41, 5.74) is 0.477. The first-order chi connectivity index (χ1) is 10.5. The highest BCUT2D eigenvalue weighted by Crippen LogP contribution is 2.17. The molecule has 0 bridgehead atoms. The predicted molar refractivity (Wildman–Crippen MR) is 83.0 cm³/mol. The molecule has 22 heavy (non-hydrogen) atoms. The van der Waals surface area contributed by atoms with Gasteiger partial charge in [-0.3, -0.25) is 4.79 Å². The molecule has 0 spiro atoms. The Balaban J connectivity index is 1.77. The van der Waals surface area contributed by atoms with Crippen LogP contribution in [0.5, 0.6) is 0 Å². The monoisotopic (exact) mass is 302 g/mol. The van der Waals surface area contributed by atoms with Crippen molar-refractivity contribution < 1.29 is 13.9 Å². The van der Waals surface area contributed by atoms with E-state index in [0.717, 1.165) is 11.3 Å². The second-order valence-electron chi connectivity index (χ2n) is 5.91. The molecule has 0 atom stereocenters. The number of oxazole rings is 1. The fourth-order valence-corrected chi connectivity index (χ4v) is 1.94. The lowest BCUT2D eigenvalue weighted by Crippen LogP contribution is -2.39. The van der Waals surface area contributed by atoms with Crippen molar-refractivity contribution in [2.45, 2.75) is 33.9 Å². The lowest BCUT2D eigenvalue weighted by Gasteiger charge is -2.23. The Morgan fingerprint density at radius 3 is 2.68 bits per heavy atom. The topological polar surface area (TPSA) is 64.4 Å². The summed E-state index contributed by atoms with van der Waals surface area (Å²) in [6.07, 6.45) is 1.63. The minimum absolute atomic E-state index is 0.0867. The molecule has 1 amide bonds. The van der Waals surface area contributed by atoms with Gasteiger partial charge in [-0.05, 0) is 26.3 Å². The maximum absolute atomic E-state index is 12.2. The molecule has 0 radical (unpaired) electrons. The zero-order valence-corrected chi connectivity index (χ0v) is 13.3. The molecule has 5 nitrogen and oxygen atoms in total. The number of benzene rings is 1. The summed E-state index contributed by atoms with van der Waals surface area (Å²) in [6, 6.07) is 9.89. The van der Waals surface area contributed by atoms with E-state index in [-0.39, 0.29) is 12.5 Å². The smallest absolute Gasteiger partial charge is 0.228 e. The van der Waals surface area contributed by atoms with Crippen LogP contribution in [-0.4, -0.2) is 17.5 Å². The molecule has 1 aromatic heterocycles. The van der Waals surface area contributed by atoms with E-state index in [2.05, 4.69) is 10.3 Å². The van der Waals surface area contributed by atoms with E-state index in [0.29, 0.717) is 19.1 Å². The van der Waals surface area contributed by atoms with E-state index in [1.807, 2.05) is 51.1 Å². The summed E-state index contributed by atoms with van der Waals surface area (Å²) in [4.78, 5) is 16.3. The molecule has 2 aromatic rings. The average Bonchev–Trinajstić information content (AvgIpc) is 2.91. The van der Waals surface area contributed by atoms with Crippen LogP contribution in [0.4, 0.5) is 0 Å². The van der Waals surface area contributed by atoms with Crippen LogP contribution in [0.15, 0.2) is 40.9 Å². The van der Waals surface area contributed by atoms with Gasteiger partial charge in [-0.1, -0.05) is 30.3 Å². The number of carbonyl (C=O) groups excluding carboxylic acids is 1. The zero-order valence-electron chi connectivity index (χ0n) is 13.3. The number of aromatic nitrogens is 1. The van der Waals surface area contributed by atoms with Crippen LogP contribution in [0.3, 0.4) is 0 Å². The number of hydrogen-bond acceptors (Lipinski definition) is 4. The lowest BCUT2D eigenvalue weighted by molar-refractivity contribution is -0.133. The van der Waals surface area contributed by atoms with Crippen molar-refractivity contribution in [2.75, 3.05) is 6.61 Å². The molecule has 1 heterocycles. The number of nitrogens with zero attached hydrogens (tertiary/aromatic N) is 1. The molecule has 118 valence electrons. The van der Waals surface area contributed by atoms with Gasteiger partial charge < -0.3 is 14.5 Å². The second kappa shape index (κ2) is 7.22. The van der Waals surface area contributed by atoms with Crippen molar-refractivity contribution in [3.8, 4) is 0 Å². The highest BCUT2D eigenvalue weighted by molar-refractivity contribution is 5.81. The zero-order chi connectivity index (χ0) is 16.0. The summed E-state index contributed by atoms with van der Waals surface area (Å²) in [7, 11) is 0. The quantitative estimate of drug-likeness (QED) is 0.854. The molecular weight excluding hydrogens is 280 g/mol. The van der Waals surface area contributed by atoms with Crippen molar-refractivity contribution in [1.82, 2.24) is 10.3 Å². The van der Waals surface area contributed by atoms with E-state index < -0.39 is 5.41 Å². The van der Waals surface area contributed by atoms with E-state index in [9.17, 15) is 4.79 Å². The van der Waals surface area contributed by atoms with Crippen molar-refractivity contribution >= 4 is 5.91 Å². The normalized spacial score (nSPS) is 11.4. The minimum atomic E-state index is -0.615. The maximum Gasteiger partial charge on any atom is 0.228 e. The third-order valence-corrected chi connectivity index (χ3v) is 3.26. The van der Waals surface area contributed by atoms with Gasteiger partial charge in [0.2, 0.25) is 11.8 Å². The van der Waals surface area contributed by atoms with E-state index in [4.69, 9.17) is 9.15 Å². The average molecular weight is 302 g/mol. The summed E-state index contributed by atoms with van der Waals surface area (Å²) in [5, 5.41) is 2.83. The van der Waals surface area contributed by atoms with Gasteiger partial charge in [0.25, 0.3) is 0 Å². The van der Waals surface area contributed by atoms with Crippen molar-refractivity contribution in [3.63, 3.8) is 0 Å². The van der Waals surface area contributed by atoms with Gasteiger partial charge in [0.15, 0.2) is 0 Å². The largest absolute Gasteiger partial charge is 0.444 e. The molecule has 0 saturated carbocycles. The Hall–Kier alpha value is -2.14. The molecule has 0 fully saturated rings. The number of carbonyl (C=O) groups is 1. The van der Waals surface area contributed by atoms with Gasteiger partial charge in [-0.2, -0.15) is 0 Å². The molecule has 0 unspecified atom stereocenters. The van der Waals surface area contributed by atoms with E-state index >= 15 is 0 Å². The van der Waals surface area contributed by atoms with Crippen LogP contribution in [-0.2, 0) is 22.7 Å². The van der Waals surface area contributed by atoms with E-state index in [1.54, 1.807) is 6.20 Å². The molecule has 5 heteroatoms. The Labute approximate surface area is 130 Å². The number of hydrogen-bond donors (Lipinski definition) is 1. The molecule has 1 aromatic carbocycles. The van der Waals surface area contributed by atoms with Crippen molar-refractivity contribution in [2.24, 2.45) is 5.41 Å². The Morgan fingerprint density at radius 1 is 1.32 bits per heavy atom. The van der Waals surface area contributed by atoms with Gasteiger partial charge in [0, 0.05) is 0 Å². The van der Waals surface area contributed by atoms with E-state index in [1.165, 1.54) is 0 Å². The number of amides is 1. The molecular formula is C17H22N2O3. The Bertz CT molecular complexity index is 605. The van der Waals surface area contributed by atoms with Crippen LogP contribution in [0.2, 0.25) is 0 Å². The molecule has 0 aliphatic heterocycles. The first-order valence-electron chi connectivity index (χ1n) is 7.29. The Morgan fingerprint density at radius 2 is 2.05 bits per heavy atom. The van der Waals surface area contributed by atoms with Gasteiger partial charge >= 0.3 is 0 Å². The van der Waals surface area contributed by atoms with Crippen LogP contribution >= 0.6 is 0 Å². The van der Waals surface area contributed by atoms with Crippen LogP contribution in [0, 0.1) is 12.3 Å². The molecule has 0 aliphatic rings. The number of ether oxygens (including phenoxy) is 1. The second-order valence-corrected chi connectivity index (χ2v) is 5.91. The van der Waals surface area contributed by atoms with Gasteiger partial charge in [-0.15, -0.1) is 0 Å². The van der Waals surface area contributed by atoms with Crippen LogP contribution in [0.1, 0.15) is 31.1 Å². The van der Waals surface area contributed by atoms with Gasteiger partial charge in [-0.25, -0.2) is 4.98 Å². The van der Waals surface area contributed by atoms with Crippen molar-refractivity contribution in [1.29, 1.82) is 0 Å². The minimum Gasteiger partial charge on any atom is -0.444 e. The van der Waals surface area contributed by atoms with Crippen molar-refractivity contribution in [3.05, 3.63) is 53.7 Å². The Kier molecular flexibility index (Phi) is 5.33. The first-order valence-corrected chi connectivity index (χ1v) is 7.29. The fraction of sp³-hybridized carbons (Fsp3) is 0.412.